The number of aldehydes is 1. The van der Waals surface area contributed by atoms with Crippen LogP contribution in [0.1, 0.15) is 34.8 Å². The summed E-state index contributed by atoms with van der Waals surface area (Å²) in [6, 6.07) is 26.6. The monoisotopic (exact) mass is 359 g/mol. The Morgan fingerprint density at radius 3 is 1.96 bits per heavy atom. The van der Waals surface area contributed by atoms with Gasteiger partial charge in [-0.05, 0) is 29.7 Å². The molecular formula is C24H25NO2. The molecule has 0 saturated carbocycles. The van der Waals surface area contributed by atoms with Gasteiger partial charge in [-0.15, -0.1) is 0 Å². The van der Waals surface area contributed by atoms with Gasteiger partial charge >= 0.3 is 0 Å². The van der Waals surface area contributed by atoms with Crippen molar-refractivity contribution in [3.05, 3.63) is 95.6 Å². The lowest BCUT2D eigenvalue weighted by Gasteiger charge is -2.26. The van der Waals surface area contributed by atoms with Gasteiger partial charge in [0, 0.05) is 24.8 Å². The van der Waals surface area contributed by atoms with Gasteiger partial charge in [-0.1, -0.05) is 67.6 Å². The van der Waals surface area contributed by atoms with Crippen molar-refractivity contribution in [1.29, 1.82) is 0 Å². The van der Waals surface area contributed by atoms with Crippen molar-refractivity contribution in [1.82, 2.24) is 0 Å². The molecule has 0 aromatic heterocycles. The predicted octanol–water partition coefficient (Wildman–Crippen LogP) is 5.49. The van der Waals surface area contributed by atoms with Crippen molar-refractivity contribution in [2.24, 2.45) is 0 Å². The molecule has 0 fully saturated rings. The molecule has 3 aromatic carbocycles. The van der Waals surface area contributed by atoms with E-state index < -0.39 is 0 Å². The zero-order chi connectivity index (χ0) is 18.9. The molecule has 0 aliphatic carbocycles. The van der Waals surface area contributed by atoms with Crippen LogP contribution in [0.25, 0.3) is 0 Å². The van der Waals surface area contributed by atoms with Crippen LogP contribution in [0.4, 0.5) is 5.69 Å². The molecule has 0 radical (unpaired) electrons. The van der Waals surface area contributed by atoms with E-state index in [1.807, 2.05) is 30.3 Å². The van der Waals surface area contributed by atoms with Gasteiger partial charge in [0.15, 0.2) is 6.29 Å². The summed E-state index contributed by atoms with van der Waals surface area (Å²) in [6.07, 6.45) is 1.76. The Kier molecular flexibility index (Phi) is 6.64. The van der Waals surface area contributed by atoms with Crippen molar-refractivity contribution >= 4 is 12.0 Å². The standard InChI is InChI=1S/C24H25NO2/c1-2-15-27-24-16-23(14-13-22(24)19-26)25(17-20-9-5-3-6-10-20)18-21-11-7-4-8-12-21/h3-14,16,19H,2,15,17-18H2,1H3. The topological polar surface area (TPSA) is 29.5 Å². The van der Waals surface area contributed by atoms with Gasteiger partial charge in [0.25, 0.3) is 0 Å². The number of ether oxygens (including phenoxy) is 1. The number of carbonyl (C=O) groups excluding carboxylic acids is 1. The molecule has 0 unspecified atom stereocenters. The van der Waals surface area contributed by atoms with Crippen molar-refractivity contribution in [2.45, 2.75) is 26.4 Å². The fourth-order valence-corrected chi connectivity index (χ4v) is 3.00. The first-order chi connectivity index (χ1) is 13.3. The van der Waals surface area contributed by atoms with E-state index in [2.05, 4.69) is 60.4 Å². The molecule has 27 heavy (non-hydrogen) atoms. The van der Waals surface area contributed by atoms with Crippen LogP contribution in [0.15, 0.2) is 78.9 Å². The van der Waals surface area contributed by atoms with E-state index in [0.717, 1.165) is 31.5 Å². The number of nitrogens with zero attached hydrogens (tertiary/aromatic N) is 1. The largest absolute Gasteiger partial charge is 0.493 e. The second-order valence-electron chi connectivity index (χ2n) is 6.52. The number of rotatable bonds is 9. The molecule has 0 bridgehead atoms. The van der Waals surface area contributed by atoms with Crippen LogP contribution in [0.3, 0.4) is 0 Å². The van der Waals surface area contributed by atoms with Gasteiger partial charge in [-0.3, -0.25) is 4.79 Å². The summed E-state index contributed by atoms with van der Waals surface area (Å²) in [5, 5.41) is 0. The first kappa shape index (κ1) is 18.7. The van der Waals surface area contributed by atoms with Crippen molar-refractivity contribution in [3.63, 3.8) is 0 Å². The van der Waals surface area contributed by atoms with Gasteiger partial charge in [0.05, 0.1) is 12.2 Å². The maximum Gasteiger partial charge on any atom is 0.153 e. The maximum atomic E-state index is 11.4. The summed E-state index contributed by atoms with van der Waals surface area (Å²) in [7, 11) is 0. The number of anilines is 1. The quantitative estimate of drug-likeness (QED) is 0.473. The molecule has 0 aliphatic heterocycles. The zero-order valence-corrected chi connectivity index (χ0v) is 15.7. The molecule has 0 amide bonds. The smallest absolute Gasteiger partial charge is 0.153 e. The summed E-state index contributed by atoms with van der Waals surface area (Å²) >= 11 is 0. The first-order valence-electron chi connectivity index (χ1n) is 9.35. The molecule has 3 aromatic rings. The molecular weight excluding hydrogens is 334 g/mol. The van der Waals surface area contributed by atoms with Crippen LogP contribution in [-0.4, -0.2) is 12.9 Å². The second-order valence-corrected chi connectivity index (χ2v) is 6.52. The summed E-state index contributed by atoms with van der Waals surface area (Å²) < 4.78 is 5.81. The average molecular weight is 359 g/mol. The van der Waals surface area contributed by atoms with E-state index >= 15 is 0 Å². The molecule has 0 heterocycles. The Morgan fingerprint density at radius 1 is 0.852 bits per heavy atom. The molecule has 3 heteroatoms. The van der Waals surface area contributed by atoms with E-state index in [4.69, 9.17) is 4.74 Å². The molecule has 3 rings (SSSR count). The van der Waals surface area contributed by atoms with E-state index in [9.17, 15) is 4.79 Å². The summed E-state index contributed by atoms with van der Waals surface area (Å²) in [6.45, 7) is 4.22. The molecule has 0 saturated heterocycles. The Labute approximate surface area is 161 Å². The van der Waals surface area contributed by atoms with Crippen LogP contribution in [0.2, 0.25) is 0 Å². The Morgan fingerprint density at radius 2 is 1.44 bits per heavy atom. The summed E-state index contributed by atoms with van der Waals surface area (Å²) in [5.41, 5.74) is 4.11. The van der Waals surface area contributed by atoms with Crippen LogP contribution in [0, 0.1) is 0 Å². The Bertz CT molecular complexity index is 805. The van der Waals surface area contributed by atoms with Crippen LogP contribution >= 0.6 is 0 Å². The lowest BCUT2D eigenvalue weighted by Crippen LogP contribution is -2.22. The minimum absolute atomic E-state index is 0.589. The average Bonchev–Trinajstić information content (AvgIpc) is 2.73. The molecule has 138 valence electrons. The highest BCUT2D eigenvalue weighted by Gasteiger charge is 2.12. The number of carbonyl (C=O) groups is 1. The normalized spacial score (nSPS) is 10.4. The van der Waals surface area contributed by atoms with Crippen molar-refractivity contribution in [2.75, 3.05) is 11.5 Å². The minimum atomic E-state index is 0.589. The molecule has 0 N–H and O–H groups in total. The predicted molar refractivity (Wildman–Crippen MR) is 110 cm³/mol. The van der Waals surface area contributed by atoms with E-state index in [1.54, 1.807) is 0 Å². The van der Waals surface area contributed by atoms with Crippen molar-refractivity contribution < 1.29 is 9.53 Å². The first-order valence-corrected chi connectivity index (χ1v) is 9.35. The van der Waals surface area contributed by atoms with Gasteiger partial charge in [-0.25, -0.2) is 0 Å². The van der Waals surface area contributed by atoms with E-state index in [1.165, 1.54) is 11.1 Å². The third kappa shape index (κ3) is 5.20. The van der Waals surface area contributed by atoms with Gasteiger partial charge in [-0.2, -0.15) is 0 Å². The highest BCUT2D eigenvalue weighted by Crippen LogP contribution is 2.27. The van der Waals surface area contributed by atoms with E-state index in [0.29, 0.717) is 17.9 Å². The SMILES string of the molecule is CCCOc1cc(N(Cc2ccccc2)Cc2ccccc2)ccc1C=O. The number of hydrogen-bond acceptors (Lipinski definition) is 3. The fraction of sp³-hybridized carbons (Fsp3) is 0.208. The fourth-order valence-electron chi connectivity index (χ4n) is 3.00. The maximum absolute atomic E-state index is 11.4. The van der Waals surface area contributed by atoms with Gasteiger partial charge in [0.2, 0.25) is 0 Å². The van der Waals surface area contributed by atoms with Crippen LogP contribution in [0.5, 0.6) is 5.75 Å². The van der Waals surface area contributed by atoms with E-state index in [-0.39, 0.29) is 0 Å². The molecule has 0 spiro atoms. The molecule has 0 atom stereocenters. The summed E-state index contributed by atoms with van der Waals surface area (Å²) in [4.78, 5) is 13.7. The lowest BCUT2D eigenvalue weighted by molar-refractivity contribution is 0.111. The van der Waals surface area contributed by atoms with Gasteiger partial charge < -0.3 is 9.64 Å². The molecule has 0 aliphatic rings. The van der Waals surface area contributed by atoms with Crippen LogP contribution < -0.4 is 9.64 Å². The zero-order valence-electron chi connectivity index (χ0n) is 15.7. The third-order valence-corrected chi connectivity index (χ3v) is 4.38. The third-order valence-electron chi connectivity index (χ3n) is 4.38. The number of hydrogen-bond donors (Lipinski definition) is 0. The number of benzene rings is 3. The highest BCUT2D eigenvalue weighted by molar-refractivity contribution is 5.80. The highest BCUT2D eigenvalue weighted by atomic mass is 16.5. The lowest BCUT2D eigenvalue weighted by atomic mass is 10.1. The summed E-state index contributed by atoms with van der Waals surface area (Å²) in [5.74, 6) is 0.649. The van der Waals surface area contributed by atoms with Gasteiger partial charge in [0.1, 0.15) is 5.75 Å². The van der Waals surface area contributed by atoms with Crippen LogP contribution in [-0.2, 0) is 13.1 Å². The van der Waals surface area contributed by atoms with Crippen molar-refractivity contribution in [3.8, 4) is 5.75 Å². The molecule has 3 nitrogen and oxygen atoms in total. The Hall–Kier alpha value is -3.07. The second kappa shape index (κ2) is 9.58. The Balaban J connectivity index is 1.92. The minimum Gasteiger partial charge on any atom is -0.493 e.